The van der Waals surface area contributed by atoms with Crippen molar-refractivity contribution in [2.45, 2.75) is 5.16 Å². The zero-order valence-corrected chi connectivity index (χ0v) is 21.9. The maximum absolute atomic E-state index is 12.4. The van der Waals surface area contributed by atoms with Crippen LogP contribution in [0.5, 0.6) is 5.75 Å². The van der Waals surface area contributed by atoms with Crippen LogP contribution in [0.1, 0.15) is 5.56 Å². The number of phenolic OH excluding ortho intramolecular Hbond substituents is 1. The van der Waals surface area contributed by atoms with Gasteiger partial charge in [-0.25, -0.2) is 5.43 Å². The average molecular weight is 623 g/mol. The van der Waals surface area contributed by atoms with Crippen LogP contribution in [-0.2, 0) is 4.79 Å². The number of amides is 1. The second-order valence-electron chi connectivity index (χ2n) is 6.76. The first kappa shape index (κ1) is 24.4. The monoisotopic (exact) mass is 620 g/mol. The van der Waals surface area contributed by atoms with Crippen LogP contribution < -0.4 is 5.43 Å². The Labute approximate surface area is 220 Å². The van der Waals surface area contributed by atoms with Gasteiger partial charge in [-0.1, -0.05) is 39.3 Å². The van der Waals surface area contributed by atoms with E-state index in [1.165, 1.54) is 18.0 Å². The molecule has 2 heterocycles. The summed E-state index contributed by atoms with van der Waals surface area (Å²) in [5.41, 5.74) is 4.54. The van der Waals surface area contributed by atoms with E-state index in [1.54, 1.807) is 36.7 Å². The van der Waals surface area contributed by atoms with E-state index in [0.717, 1.165) is 15.7 Å². The van der Waals surface area contributed by atoms with Gasteiger partial charge in [-0.2, -0.15) is 5.10 Å². The summed E-state index contributed by atoms with van der Waals surface area (Å²) in [7, 11) is 0. The van der Waals surface area contributed by atoms with Crippen molar-refractivity contribution in [3.63, 3.8) is 0 Å². The second kappa shape index (κ2) is 11.1. The van der Waals surface area contributed by atoms with Crippen LogP contribution in [0.2, 0.25) is 5.02 Å². The summed E-state index contributed by atoms with van der Waals surface area (Å²) in [6.07, 6.45) is 4.72. The zero-order chi connectivity index (χ0) is 24.1. The van der Waals surface area contributed by atoms with Crippen LogP contribution in [0.15, 0.2) is 80.1 Å². The first-order valence-electron chi connectivity index (χ1n) is 9.67. The molecule has 1 amide bonds. The van der Waals surface area contributed by atoms with Gasteiger partial charge in [0.25, 0.3) is 5.91 Å². The van der Waals surface area contributed by atoms with Crippen molar-refractivity contribution >= 4 is 67.3 Å². The number of aromatic nitrogens is 4. The van der Waals surface area contributed by atoms with Crippen molar-refractivity contribution in [1.82, 2.24) is 25.2 Å². The molecule has 0 aliphatic rings. The summed E-state index contributed by atoms with van der Waals surface area (Å²) in [4.78, 5) is 16.4. The molecule has 0 aliphatic carbocycles. The number of aromatic hydroxyl groups is 1. The molecule has 172 valence electrons. The molecule has 0 bridgehead atoms. The first-order valence-corrected chi connectivity index (χ1v) is 12.6. The molecular formula is C22H15Br2ClN6O2S. The number of rotatable bonds is 7. The molecule has 0 radical (unpaired) electrons. The molecule has 2 N–H and O–H groups in total. The normalized spacial score (nSPS) is 11.1. The van der Waals surface area contributed by atoms with Crippen LogP contribution in [0.3, 0.4) is 0 Å². The fraction of sp³-hybridized carbons (Fsp3) is 0.0455. The molecule has 12 heteroatoms. The summed E-state index contributed by atoms with van der Waals surface area (Å²) in [5.74, 6) is 0.343. The van der Waals surface area contributed by atoms with E-state index in [1.807, 2.05) is 28.8 Å². The molecule has 0 saturated carbocycles. The van der Waals surface area contributed by atoms with Gasteiger partial charge in [0.05, 0.1) is 16.4 Å². The number of benzene rings is 2. The zero-order valence-electron chi connectivity index (χ0n) is 17.2. The number of hydrogen-bond donors (Lipinski definition) is 2. The number of halogens is 3. The maximum atomic E-state index is 12.4. The third-order valence-electron chi connectivity index (χ3n) is 4.44. The topological polar surface area (TPSA) is 105 Å². The van der Waals surface area contributed by atoms with Crippen molar-refractivity contribution in [2.24, 2.45) is 5.10 Å². The van der Waals surface area contributed by atoms with Gasteiger partial charge in [-0.15, -0.1) is 10.2 Å². The Hall–Kier alpha value is -2.73. The first-order chi connectivity index (χ1) is 16.4. The lowest BCUT2D eigenvalue weighted by Gasteiger charge is -2.10. The van der Waals surface area contributed by atoms with Crippen LogP contribution in [0, 0.1) is 0 Å². The number of nitrogens with zero attached hydrogens (tertiary/aromatic N) is 5. The van der Waals surface area contributed by atoms with Gasteiger partial charge in [-0.3, -0.25) is 14.3 Å². The van der Waals surface area contributed by atoms with Crippen molar-refractivity contribution in [3.05, 3.63) is 80.5 Å². The van der Waals surface area contributed by atoms with Gasteiger partial charge in [0.1, 0.15) is 5.75 Å². The van der Waals surface area contributed by atoms with Gasteiger partial charge in [-0.05, 0) is 64.5 Å². The minimum atomic E-state index is -0.342. The van der Waals surface area contributed by atoms with E-state index >= 15 is 0 Å². The van der Waals surface area contributed by atoms with Crippen molar-refractivity contribution in [1.29, 1.82) is 0 Å². The molecule has 2 aromatic carbocycles. The summed E-state index contributed by atoms with van der Waals surface area (Å²) in [6.45, 7) is 0. The lowest BCUT2D eigenvalue weighted by atomic mass is 10.2. The number of carbonyl (C=O) groups is 1. The number of thioether (sulfide) groups is 1. The molecule has 8 nitrogen and oxygen atoms in total. The van der Waals surface area contributed by atoms with Crippen molar-refractivity contribution in [3.8, 4) is 22.8 Å². The fourth-order valence-corrected chi connectivity index (χ4v) is 5.02. The van der Waals surface area contributed by atoms with Crippen LogP contribution >= 0.6 is 55.2 Å². The molecule has 4 rings (SSSR count). The minimum Gasteiger partial charge on any atom is -0.506 e. The number of carbonyl (C=O) groups excluding carboxylic acids is 1. The van der Waals surface area contributed by atoms with Gasteiger partial charge in [0.15, 0.2) is 11.0 Å². The predicted molar refractivity (Wildman–Crippen MR) is 140 cm³/mol. The standard InChI is InChI=1S/C22H15Br2ClN6O2S/c23-15-9-14(20(33)18(24)10-15)11-27-28-19(32)12-34-22-30-29-21(13-5-7-26-8-6-13)31(22)17-3-1-16(25)2-4-17/h1-11,33H,12H2,(H,28,32). The molecule has 0 aliphatic heterocycles. The minimum absolute atomic E-state index is 0.0234. The van der Waals surface area contributed by atoms with E-state index in [-0.39, 0.29) is 17.4 Å². The molecule has 34 heavy (non-hydrogen) atoms. The Kier molecular flexibility index (Phi) is 7.99. The Morgan fingerprint density at radius 1 is 1.15 bits per heavy atom. The highest BCUT2D eigenvalue weighted by atomic mass is 79.9. The van der Waals surface area contributed by atoms with E-state index < -0.39 is 0 Å². The molecule has 4 aromatic rings. The molecule has 2 aromatic heterocycles. The van der Waals surface area contributed by atoms with Crippen LogP contribution in [0.25, 0.3) is 17.1 Å². The number of nitrogens with one attached hydrogen (secondary N) is 1. The van der Waals surface area contributed by atoms with Gasteiger partial charge in [0.2, 0.25) is 0 Å². The van der Waals surface area contributed by atoms with Gasteiger partial charge >= 0.3 is 0 Å². The van der Waals surface area contributed by atoms with Crippen molar-refractivity contribution in [2.75, 3.05) is 5.75 Å². The predicted octanol–water partition coefficient (Wildman–Crippen LogP) is 5.46. The second-order valence-corrected chi connectivity index (χ2v) is 9.91. The summed E-state index contributed by atoms with van der Waals surface area (Å²) in [5, 5.41) is 23.8. The third-order valence-corrected chi connectivity index (χ3v) is 6.68. The van der Waals surface area contributed by atoms with E-state index in [9.17, 15) is 9.90 Å². The van der Waals surface area contributed by atoms with Crippen LogP contribution in [-0.4, -0.2) is 42.7 Å². The van der Waals surface area contributed by atoms with Gasteiger partial charge < -0.3 is 5.11 Å². The SMILES string of the molecule is O=C(CSc1nnc(-c2ccncc2)n1-c1ccc(Cl)cc1)NN=Cc1cc(Br)cc(Br)c1O. The average Bonchev–Trinajstić information content (AvgIpc) is 3.26. The summed E-state index contributed by atoms with van der Waals surface area (Å²) >= 11 is 13.9. The number of hydrazone groups is 1. The summed E-state index contributed by atoms with van der Waals surface area (Å²) in [6, 6.07) is 14.3. The van der Waals surface area contributed by atoms with E-state index in [4.69, 9.17) is 11.6 Å². The molecule has 0 saturated heterocycles. The molecular weight excluding hydrogens is 608 g/mol. The molecule has 0 atom stereocenters. The Balaban J connectivity index is 1.50. The summed E-state index contributed by atoms with van der Waals surface area (Å²) < 4.78 is 3.12. The molecule has 0 spiro atoms. The lowest BCUT2D eigenvalue weighted by molar-refractivity contribution is -0.118. The van der Waals surface area contributed by atoms with Crippen LogP contribution in [0.4, 0.5) is 0 Å². The lowest BCUT2D eigenvalue weighted by Crippen LogP contribution is -2.20. The van der Waals surface area contributed by atoms with Crippen molar-refractivity contribution < 1.29 is 9.90 Å². The highest BCUT2D eigenvalue weighted by molar-refractivity contribution is 9.11. The fourth-order valence-electron chi connectivity index (χ4n) is 2.89. The smallest absolute Gasteiger partial charge is 0.250 e. The quantitative estimate of drug-likeness (QED) is 0.161. The number of pyridine rings is 1. The Bertz CT molecular complexity index is 1350. The maximum Gasteiger partial charge on any atom is 0.250 e. The van der Waals surface area contributed by atoms with E-state index in [2.05, 4.69) is 57.6 Å². The van der Waals surface area contributed by atoms with E-state index in [0.29, 0.717) is 26.0 Å². The molecule has 0 fully saturated rings. The van der Waals surface area contributed by atoms with Gasteiger partial charge in [0, 0.05) is 38.7 Å². The third kappa shape index (κ3) is 5.84. The highest BCUT2D eigenvalue weighted by Gasteiger charge is 2.17. The highest BCUT2D eigenvalue weighted by Crippen LogP contribution is 2.31. The number of phenols is 1. The number of hydrogen-bond acceptors (Lipinski definition) is 7. The Morgan fingerprint density at radius 3 is 2.62 bits per heavy atom. The largest absolute Gasteiger partial charge is 0.506 e. The Morgan fingerprint density at radius 2 is 1.88 bits per heavy atom. The molecule has 0 unspecified atom stereocenters.